The highest BCUT2D eigenvalue weighted by atomic mass is 35.5. The van der Waals surface area contributed by atoms with Crippen LogP contribution in [-0.2, 0) is 6.42 Å². The summed E-state index contributed by atoms with van der Waals surface area (Å²) in [4.78, 5) is 3.56. The van der Waals surface area contributed by atoms with Gasteiger partial charge in [0.2, 0.25) is 0 Å². The van der Waals surface area contributed by atoms with Gasteiger partial charge in [0.1, 0.15) is 5.75 Å². The van der Waals surface area contributed by atoms with Crippen molar-refractivity contribution < 1.29 is 14.9 Å². The van der Waals surface area contributed by atoms with Gasteiger partial charge in [-0.1, -0.05) is 23.7 Å². The van der Waals surface area contributed by atoms with Crippen LogP contribution in [0.3, 0.4) is 0 Å². The van der Waals surface area contributed by atoms with Gasteiger partial charge in [0, 0.05) is 34.6 Å². The van der Waals surface area contributed by atoms with Gasteiger partial charge in [0.05, 0.1) is 25.4 Å². The van der Waals surface area contributed by atoms with Gasteiger partial charge in [-0.15, -0.1) is 0 Å². The van der Waals surface area contributed by atoms with Crippen molar-refractivity contribution in [2.45, 2.75) is 25.0 Å². The molecular formula is C21H23ClN2O3. The van der Waals surface area contributed by atoms with Gasteiger partial charge in [-0.2, -0.15) is 0 Å². The van der Waals surface area contributed by atoms with E-state index < -0.39 is 6.10 Å². The highest BCUT2D eigenvalue weighted by molar-refractivity contribution is 6.31. The van der Waals surface area contributed by atoms with Crippen molar-refractivity contribution in [3.05, 3.63) is 64.3 Å². The summed E-state index contributed by atoms with van der Waals surface area (Å²) in [6.45, 7) is 1.04. The lowest BCUT2D eigenvalue weighted by molar-refractivity contribution is 0.0754. The summed E-state index contributed by atoms with van der Waals surface area (Å²) in [6.07, 6.45) is 0.647. The SMILES string of the molecule is OC[C@@H](O)CCOc1ccc(C2NCCc3c2[nH]c2ccc(Cl)cc32)cc1. The lowest BCUT2D eigenvalue weighted by Crippen LogP contribution is -2.30. The molecule has 1 aromatic heterocycles. The first-order valence-corrected chi connectivity index (χ1v) is 9.58. The summed E-state index contributed by atoms with van der Waals surface area (Å²) in [5.74, 6) is 0.753. The lowest BCUT2D eigenvalue weighted by Gasteiger charge is -2.25. The molecule has 1 unspecified atom stereocenters. The number of halogens is 1. The van der Waals surface area contributed by atoms with E-state index in [1.807, 2.05) is 30.3 Å². The van der Waals surface area contributed by atoms with Crippen molar-refractivity contribution in [1.82, 2.24) is 10.3 Å². The average Bonchev–Trinajstić information content (AvgIpc) is 3.06. The van der Waals surface area contributed by atoms with E-state index in [0.29, 0.717) is 13.0 Å². The second kappa shape index (κ2) is 7.90. The number of fused-ring (bicyclic) bond motifs is 3. The summed E-state index contributed by atoms with van der Waals surface area (Å²) in [5, 5.41) is 23.8. The van der Waals surface area contributed by atoms with E-state index in [1.54, 1.807) is 0 Å². The Bertz CT molecular complexity index is 923. The quantitative estimate of drug-likeness (QED) is 0.524. The van der Waals surface area contributed by atoms with E-state index >= 15 is 0 Å². The topological polar surface area (TPSA) is 77.5 Å². The molecule has 27 heavy (non-hydrogen) atoms. The van der Waals surface area contributed by atoms with E-state index in [9.17, 15) is 5.11 Å². The summed E-state index contributed by atoms with van der Waals surface area (Å²) in [5.41, 5.74) is 4.80. The molecule has 4 N–H and O–H groups in total. The fourth-order valence-corrected chi connectivity index (χ4v) is 3.82. The van der Waals surface area contributed by atoms with E-state index in [0.717, 1.165) is 34.8 Å². The number of aliphatic hydroxyl groups excluding tert-OH is 2. The van der Waals surface area contributed by atoms with E-state index in [1.165, 1.54) is 16.6 Å². The van der Waals surface area contributed by atoms with Crippen molar-refractivity contribution in [1.29, 1.82) is 0 Å². The van der Waals surface area contributed by atoms with Gasteiger partial charge >= 0.3 is 0 Å². The number of benzene rings is 2. The van der Waals surface area contributed by atoms with Crippen molar-refractivity contribution >= 4 is 22.5 Å². The van der Waals surface area contributed by atoms with E-state index in [4.69, 9.17) is 21.4 Å². The third-order valence-electron chi connectivity index (χ3n) is 5.06. The predicted octanol–water partition coefficient (Wildman–Crippen LogP) is 3.18. The fourth-order valence-electron chi connectivity index (χ4n) is 3.65. The number of nitrogens with one attached hydrogen (secondary N) is 2. The van der Waals surface area contributed by atoms with Crippen LogP contribution >= 0.6 is 11.6 Å². The molecule has 0 radical (unpaired) electrons. The molecule has 0 bridgehead atoms. The maximum atomic E-state index is 9.37. The summed E-state index contributed by atoms with van der Waals surface area (Å²) in [6, 6.07) is 14.1. The number of hydrogen-bond acceptors (Lipinski definition) is 4. The van der Waals surface area contributed by atoms with Crippen LogP contribution in [0.1, 0.15) is 29.3 Å². The molecule has 2 heterocycles. The van der Waals surface area contributed by atoms with Gasteiger partial charge in [-0.25, -0.2) is 0 Å². The standard InChI is InChI=1S/C21H23ClN2O3/c22-14-3-6-19-18(11-14)17-7-9-23-20(21(17)24-19)13-1-4-16(5-2-13)27-10-8-15(26)12-25/h1-6,11,15,20,23-26H,7-10,12H2/t15-,20?/m0/s1. The number of hydrogen-bond donors (Lipinski definition) is 4. The van der Waals surface area contributed by atoms with Crippen LogP contribution in [0.15, 0.2) is 42.5 Å². The van der Waals surface area contributed by atoms with Crippen LogP contribution in [0.5, 0.6) is 5.75 Å². The van der Waals surface area contributed by atoms with E-state index in [-0.39, 0.29) is 12.6 Å². The monoisotopic (exact) mass is 386 g/mol. The number of aromatic amines is 1. The molecule has 1 aliphatic rings. The third-order valence-corrected chi connectivity index (χ3v) is 5.29. The summed E-state index contributed by atoms with van der Waals surface area (Å²) in [7, 11) is 0. The molecule has 0 fully saturated rings. The zero-order valence-corrected chi connectivity index (χ0v) is 15.7. The van der Waals surface area contributed by atoms with Gasteiger partial charge in [0.25, 0.3) is 0 Å². The van der Waals surface area contributed by atoms with Crippen LogP contribution in [0.4, 0.5) is 0 Å². The van der Waals surface area contributed by atoms with Crippen LogP contribution < -0.4 is 10.1 Å². The zero-order valence-electron chi connectivity index (χ0n) is 14.9. The highest BCUT2D eigenvalue weighted by Crippen LogP contribution is 2.35. The highest BCUT2D eigenvalue weighted by Gasteiger charge is 2.25. The van der Waals surface area contributed by atoms with Crippen molar-refractivity contribution in [2.24, 2.45) is 0 Å². The molecule has 3 aromatic rings. The zero-order chi connectivity index (χ0) is 18.8. The molecule has 0 amide bonds. The maximum absolute atomic E-state index is 9.37. The molecular weight excluding hydrogens is 364 g/mol. The van der Waals surface area contributed by atoms with Crippen LogP contribution in [0.2, 0.25) is 5.02 Å². The molecule has 142 valence electrons. The van der Waals surface area contributed by atoms with Gasteiger partial charge < -0.3 is 25.3 Å². The van der Waals surface area contributed by atoms with Crippen molar-refractivity contribution in [3.8, 4) is 5.75 Å². The second-order valence-electron chi connectivity index (χ2n) is 6.89. The Kier molecular flexibility index (Phi) is 5.36. The molecule has 1 aliphatic heterocycles. The molecule has 6 heteroatoms. The largest absolute Gasteiger partial charge is 0.493 e. The number of H-pyrrole nitrogens is 1. The average molecular weight is 387 g/mol. The van der Waals surface area contributed by atoms with Crippen LogP contribution in [0.25, 0.3) is 10.9 Å². The molecule has 2 atom stereocenters. The Hall–Kier alpha value is -2.05. The minimum Gasteiger partial charge on any atom is -0.493 e. The number of aromatic nitrogens is 1. The van der Waals surface area contributed by atoms with Crippen LogP contribution in [0, 0.1) is 0 Å². The number of aliphatic hydroxyl groups is 2. The molecule has 0 saturated carbocycles. The van der Waals surface area contributed by atoms with E-state index in [2.05, 4.69) is 22.4 Å². The molecule has 2 aromatic carbocycles. The van der Waals surface area contributed by atoms with Crippen LogP contribution in [-0.4, -0.2) is 41.1 Å². The minimum absolute atomic E-state index is 0.102. The molecule has 4 rings (SSSR count). The van der Waals surface area contributed by atoms with Gasteiger partial charge in [0.15, 0.2) is 0 Å². The maximum Gasteiger partial charge on any atom is 0.119 e. The van der Waals surface area contributed by atoms with Gasteiger partial charge in [-0.05, 0) is 47.9 Å². The first kappa shape index (κ1) is 18.3. The molecule has 0 aliphatic carbocycles. The molecule has 0 spiro atoms. The van der Waals surface area contributed by atoms with Gasteiger partial charge in [-0.3, -0.25) is 0 Å². The lowest BCUT2D eigenvalue weighted by atomic mass is 9.94. The number of rotatable bonds is 6. The first-order chi connectivity index (χ1) is 13.2. The Morgan fingerprint density at radius 3 is 2.78 bits per heavy atom. The predicted molar refractivity (Wildman–Crippen MR) is 107 cm³/mol. The smallest absolute Gasteiger partial charge is 0.119 e. The normalized spacial score (nSPS) is 17.7. The fraction of sp³-hybridized carbons (Fsp3) is 0.333. The Morgan fingerprint density at radius 2 is 2.00 bits per heavy atom. The Morgan fingerprint density at radius 1 is 1.19 bits per heavy atom. The summed E-state index contributed by atoms with van der Waals surface area (Å²) < 4.78 is 5.64. The van der Waals surface area contributed by atoms with Crippen molar-refractivity contribution in [2.75, 3.05) is 19.8 Å². The van der Waals surface area contributed by atoms with Crippen molar-refractivity contribution in [3.63, 3.8) is 0 Å². The molecule has 0 saturated heterocycles. The third kappa shape index (κ3) is 3.82. The second-order valence-corrected chi connectivity index (χ2v) is 7.32. The first-order valence-electron chi connectivity index (χ1n) is 9.21. The molecule has 5 nitrogen and oxygen atoms in total. The summed E-state index contributed by atoms with van der Waals surface area (Å²) >= 11 is 6.19. The Balaban J connectivity index is 1.54. The Labute approximate surface area is 162 Å². The number of ether oxygens (including phenoxy) is 1. The minimum atomic E-state index is -0.732.